The fraction of sp³-hybridized carbons (Fsp3) is 0.542. The van der Waals surface area contributed by atoms with Crippen LogP contribution in [0.2, 0.25) is 0 Å². The van der Waals surface area contributed by atoms with Crippen molar-refractivity contribution in [3.63, 3.8) is 0 Å². The largest absolute Gasteiger partial charge is 0.450 e. The van der Waals surface area contributed by atoms with Gasteiger partial charge in [0.05, 0.1) is 11.9 Å². The van der Waals surface area contributed by atoms with E-state index in [-0.39, 0.29) is 23.1 Å². The summed E-state index contributed by atoms with van der Waals surface area (Å²) in [7, 11) is 0. The van der Waals surface area contributed by atoms with Gasteiger partial charge in [-0.1, -0.05) is 26.8 Å². The van der Waals surface area contributed by atoms with Crippen molar-refractivity contribution in [2.45, 2.75) is 70.4 Å². The van der Waals surface area contributed by atoms with Crippen LogP contribution in [0.15, 0.2) is 34.2 Å². The van der Waals surface area contributed by atoms with Crippen molar-refractivity contribution < 1.29 is 4.74 Å². The van der Waals surface area contributed by atoms with E-state index in [9.17, 15) is 4.79 Å². The van der Waals surface area contributed by atoms with Crippen LogP contribution in [0.3, 0.4) is 0 Å². The van der Waals surface area contributed by atoms with Crippen molar-refractivity contribution in [1.82, 2.24) is 14.9 Å². The first-order valence-electron chi connectivity index (χ1n) is 11.7. The van der Waals surface area contributed by atoms with Gasteiger partial charge in [-0.15, -0.1) is 0 Å². The average molecular weight is 454 g/mol. The zero-order chi connectivity index (χ0) is 23.6. The second-order valence-corrected chi connectivity index (χ2v) is 9.95. The van der Waals surface area contributed by atoms with Crippen LogP contribution in [0.4, 0.5) is 11.5 Å². The minimum absolute atomic E-state index is 0.0217. The van der Waals surface area contributed by atoms with E-state index >= 15 is 0 Å². The highest BCUT2D eigenvalue weighted by Gasteiger charge is 2.26. The van der Waals surface area contributed by atoms with Crippen LogP contribution in [0, 0.1) is 0 Å². The van der Waals surface area contributed by atoms with Crippen molar-refractivity contribution in [1.29, 1.82) is 0 Å². The Labute approximate surface area is 194 Å². The summed E-state index contributed by atoms with van der Waals surface area (Å²) in [5.74, 6) is 1.95. The van der Waals surface area contributed by atoms with Gasteiger partial charge in [0.15, 0.2) is 23.3 Å². The third-order valence-electron chi connectivity index (χ3n) is 6.39. The number of nitrogens with one attached hydrogen (secondary N) is 2. The number of nitrogens with zero attached hydrogens (tertiary/aromatic N) is 3. The lowest BCUT2D eigenvalue weighted by Crippen LogP contribution is -2.37. The summed E-state index contributed by atoms with van der Waals surface area (Å²) in [6.07, 6.45) is 6.57. The molecule has 0 atom stereocenters. The molecule has 9 heteroatoms. The maximum absolute atomic E-state index is 12.8. The van der Waals surface area contributed by atoms with Gasteiger partial charge < -0.3 is 26.8 Å². The number of fused-ring (bicyclic) bond motifs is 2. The van der Waals surface area contributed by atoms with E-state index in [1.165, 1.54) is 5.56 Å². The molecule has 0 radical (unpaired) electrons. The van der Waals surface area contributed by atoms with Crippen molar-refractivity contribution in [3.8, 4) is 11.5 Å². The summed E-state index contributed by atoms with van der Waals surface area (Å²) in [6, 6.07) is 6.70. The highest BCUT2D eigenvalue weighted by Crippen LogP contribution is 2.42. The second kappa shape index (κ2) is 9.43. The molecule has 1 aromatic heterocycles. The summed E-state index contributed by atoms with van der Waals surface area (Å²) in [4.78, 5) is 21.1. The summed E-state index contributed by atoms with van der Waals surface area (Å²) in [6.45, 7) is 8.01. The monoisotopic (exact) mass is 453 g/mol. The molecule has 2 aliphatic rings. The van der Waals surface area contributed by atoms with Gasteiger partial charge in [0.1, 0.15) is 0 Å². The number of aliphatic imine (C=N–C) groups is 1. The standard InChI is InChI=1S/C24H35N7O2/c1-24(2,3)15-5-10-19-18(13-15)29-21-20(33-19)14-31(23(32)30-21)17-8-6-16(7-9-17)27-11-4-12-28-22(25)26/h5,10,13-14,16-17,27H,4,6-9,11-12H2,1-3H3,(H4,25,26,28)(H,29,30,32). The Morgan fingerprint density at radius 3 is 2.70 bits per heavy atom. The molecule has 2 heterocycles. The summed E-state index contributed by atoms with van der Waals surface area (Å²) in [5.41, 5.74) is 12.5. The van der Waals surface area contributed by atoms with Crippen molar-refractivity contribution in [2.24, 2.45) is 16.5 Å². The number of hydrogen-bond acceptors (Lipinski definition) is 6. The Hall–Kier alpha value is -3.07. The van der Waals surface area contributed by atoms with E-state index < -0.39 is 0 Å². The molecule has 1 aliphatic heterocycles. The molecule has 178 valence electrons. The van der Waals surface area contributed by atoms with Crippen LogP contribution in [0.1, 0.15) is 64.5 Å². The van der Waals surface area contributed by atoms with Crippen LogP contribution < -0.4 is 32.5 Å². The highest BCUT2D eigenvalue weighted by molar-refractivity contribution is 5.75. The molecule has 1 fully saturated rings. The summed E-state index contributed by atoms with van der Waals surface area (Å²) < 4.78 is 7.86. The number of aromatic nitrogens is 2. The van der Waals surface area contributed by atoms with E-state index in [2.05, 4.69) is 53.5 Å². The lowest BCUT2D eigenvalue weighted by Gasteiger charge is -2.31. The lowest BCUT2D eigenvalue weighted by molar-refractivity contribution is 0.283. The predicted octanol–water partition coefficient (Wildman–Crippen LogP) is 3.13. The van der Waals surface area contributed by atoms with E-state index in [0.29, 0.717) is 24.2 Å². The molecule has 0 amide bonds. The topological polar surface area (TPSA) is 133 Å². The molecule has 4 rings (SSSR count). The molecule has 0 bridgehead atoms. The second-order valence-electron chi connectivity index (χ2n) is 9.95. The number of nitrogens with two attached hydrogens (primary N) is 2. The highest BCUT2D eigenvalue weighted by atomic mass is 16.5. The molecule has 9 nitrogen and oxygen atoms in total. The number of rotatable bonds is 6. The molecule has 1 aromatic carbocycles. The van der Waals surface area contributed by atoms with Gasteiger partial charge in [-0.3, -0.25) is 9.56 Å². The van der Waals surface area contributed by atoms with Crippen molar-refractivity contribution in [2.75, 3.05) is 18.4 Å². The molecule has 2 aromatic rings. The van der Waals surface area contributed by atoms with Crippen molar-refractivity contribution >= 4 is 17.5 Å². The first-order valence-corrected chi connectivity index (χ1v) is 11.7. The zero-order valence-corrected chi connectivity index (χ0v) is 19.7. The van der Waals surface area contributed by atoms with Gasteiger partial charge in [0, 0.05) is 18.6 Å². The quantitative estimate of drug-likeness (QED) is 0.256. The number of anilines is 2. The van der Waals surface area contributed by atoms with E-state index in [4.69, 9.17) is 16.2 Å². The smallest absolute Gasteiger partial charge is 0.350 e. The SMILES string of the molecule is CC(C)(C)c1ccc2c(c1)Nc1nc(=O)n(C3CCC(NCCCN=C(N)N)CC3)cc1O2. The Balaban J connectivity index is 1.38. The van der Waals surface area contributed by atoms with Crippen LogP contribution in [0.25, 0.3) is 0 Å². The number of ether oxygens (including phenoxy) is 1. The Morgan fingerprint density at radius 1 is 1.24 bits per heavy atom. The lowest BCUT2D eigenvalue weighted by atomic mass is 9.86. The molecule has 0 saturated heterocycles. The van der Waals surface area contributed by atoms with E-state index in [1.807, 2.05) is 12.3 Å². The molecular formula is C24H35N7O2. The third-order valence-corrected chi connectivity index (χ3v) is 6.39. The van der Waals surface area contributed by atoms with Crippen LogP contribution in [-0.2, 0) is 5.41 Å². The summed E-state index contributed by atoms with van der Waals surface area (Å²) >= 11 is 0. The molecule has 0 unspecified atom stereocenters. The Kier molecular flexibility index (Phi) is 6.60. The number of benzene rings is 1. The van der Waals surface area contributed by atoms with Gasteiger partial charge >= 0.3 is 5.69 Å². The first-order chi connectivity index (χ1) is 15.7. The van der Waals surface area contributed by atoms with Gasteiger partial charge in [0.2, 0.25) is 0 Å². The van der Waals surface area contributed by atoms with E-state index in [0.717, 1.165) is 50.1 Å². The van der Waals surface area contributed by atoms with E-state index in [1.54, 1.807) is 4.57 Å². The van der Waals surface area contributed by atoms with Gasteiger partial charge in [-0.05, 0) is 61.8 Å². The van der Waals surface area contributed by atoms with Gasteiger partial charge in [0.25, 0.3) is 0 Å². The first kappa shape index (κ1) is 23.1. The minimum Gasteiger partial charge on any atom is -0.450 e. The fourth-order valence-corrected chi connectivity index (χ4v) is 4.46. The normalized spacial score (nSPS) is 19.6. The van der Waals surface area contributed by atoms with Crippen molar-refractivity contribution in [3.05, 3.63) is 40.4 Å². The minimum atomic E-state index is -0.242. The van der Waals surface area contributed by atoms with Gasteiger partial charge in [-0.2, -0.15) is 4.98 Å². The molecule has 1 aliphatic carbocycles. The molecule has 1 saturated carbocycles. The molecule has 6 N–H and O–H groups in total. The third kappa shape index (κ3) is 5.47. The maximum atomic E-state index is 12.8. The predicted molar refractivity (Wildman–Crippen MR) is 132 cm³/mol. The molecule has 0 spiro atoms. The van der Waals surface area contributed by atoms with Crippen LogP contribution in [-0.4, -0.2) is 34.6 Å². The van der Waals surface area contributed by atoms with Crippen LogP contribution in [0.5, 0.6) is 11.5 Å². The average Bonchev–Trinajstić information content (AvgIpc) is 2.76. The van der Waals surface area contributed by atoms with Crippen LogP contribution >= 0.6 is 0 Å². The molecule has 33 heavy (non-hydrogen) atoms. The summed E-state index contributed by atoms with van der Waals surface area (Å²) in [5, 5.41) is 6.86. The number of guanidine groups is 1. The van der Waals surface area contributed by atoms with Gasteiger partial charge in [-0.25, -0.2) is 4.79 Å². The molecular weight excluding hydrogens is 418 g/mol. The Bertz CT molecular complexity index is 1080. The Morgan fingerprint density at radius 2 is 2.00 bits per heavy atom. The maximum Gasteiger partial charge on any atom is 0.350 e. The fourth-order valence-electron chi connectivity index (χ4n) is 4.46. The zero-order valence-electron chi connectivity index (χ0n) is 19.7. The number of hydrogen-bond donors (Lipinski definition) is 4.